The minimum atomic E-state index is -0.122. The molecule has 0 aromatic heterocycles. The summed E-state index contributed by atoms with van der Waals surface area (Å²) in [5.74, 6) is -0.122. The fourth-order valence-electron chi connectivity index (χ4n) is 2.88. The molecule has 0 radical (unpaired) electrons. The molecule has 0 unspecified atom stereocenters. The second-order valence-corrected chi connectivity index (χ2v) is 5.45. The summed E-state index contributed by atoms with van der Waals surface area (Å²) in [6, 6.07) is 9.90. The van der Waals surface area contributed by atoms with Crippen LogP contribution in [0.4, 0.5) is 4.39 Å². The van der Waals surface area contributed by atoms with Crippen molar-refractivity contribution < 1.29 is 4.39 Å². The predicted octanol–water partition coefficient (Wildman–Crippen LogP) is 5.37. The third-order valence-corrected chi connectivity index (χ3v) is 4.17. The van der Waals surface area contributed by atoms with E-state index in [2.05, 4.69) is 32.9 Å². The molecular formula is C18H17F. The van der Waals surface area contributed by atoms with Crippen LogP contribution in [-0.4, -0.2) is 0 Å². The van der Waals surface area contributed by atoms with Gasteiger partial charge in [-0.15, -0.1) is 0 Å². The van der Waals surface area contributed by atoms with Crippen LogP contribution in [0.15, 0.2) is 30.3 Å². The van der Waals surface area contributed by atoms with E-state index < -0.39 is 0 Å². The molecule has 0 aliphatic rings. The van der Waals surface area contributed by atoms with Crippen molar-refractivity contribution in [3.05, 3.63) is 58.4 Å². The smallest absolute Gasteiger partial charge is 0.131 e. The van der Waals surface area contributed by atoms with Gasteiger partial charge in [0.2, 0.25) is 0 Å². The minimum Gasteiger partial charge on any atom is -0.206 e. The van der Waals surface area contributed by atoms with Gasteiger partial charge in [-0.3, -0.25) is 0 Å². The van der Waals surface area contributed by atoms with Gasteiger partial charge in [-0.2, -0.15) is 0 Å². The minimum absolute atomic E-state index is 0.122. The summed E-state index contributed by atoms with van der Waals surface area (Å²) in [5, 5.41) is 3.90. The average Bonchev–Trinajstić information content (AvgIpc) is 2.35. The Hall–Kier alpha value is -1.89. The van der Waals surface area contributed by atoms with Gasteiger partial charge in [-0.1, -0.05) is 24.3 Å². The molecule has 0 nitrogen and oxygen atoms in total. The van der Waals surface area contributed by atoms with Crippen LogP contribution >= 0.6 is 0 Å². The van der Waals surface area contributed by atoms with Crippen molar-refractivity contribution in [1.82, 2.24) is 0 Å². The number of fused-ring (bicyclic) bond motifs is 3. The second-order valence-electron chi connectivity index (χ2n) is 5.45. The Bertz CT molecular complexity index is 813. The molecule has 0 saturated heterocycles. The Balaban J connectivity index is 2.60. The van der Waals surface area contributed by atoms with Gasteiger partial charge >= 0.3 is 0 Å². The third kappa shape index (κ3) is 1.73. The lowest BCUT2D eigenvalue weighted by atomic mass is 9.92. The number of halogens is 1. The van der Waals surface area contributed by atoms with E-state index in [1.165, 1.54) is 16.7 Å². The molecule has 0 aliphatic heterocycles. The summed E-state index contributed by atoms with van der Waals surface area (Å²) >= 11 is 0. The standard InChI is InChI=1S/C18H17F/c1-10-7-14-5-6-15-13(4)12(3)11(2)9-16(15)18(14)17(19)8-10/h5-9H,1-4H3. The first-order chi connectivity index (χ1) is 8.99. The molecule has 0 aliphatic carbocycles. The van der Waals surface area contributed by atoms with Crippen molar-refractivity contribution in [2.45, 2.75) is 27.7 Å². The van der Waals surface area contributed by atoms with E-state index in [0.29, 0.717) is 0 Å². The normalized spacial score (nSPS) is 11.4. The number of benzene rings is 3. The molecule has 0 saturated carbocycles. The van der Waals surface area contributed by atoms with E-state index >= 15 is 0 Å². The van der Waals surface area contributed by atoms with E-state index in [9.17, 15) is 4.39 Å². The second kappa shape index (κ2) is 4.06. The number of hydrogen-bond donors (Lipinski definition) is 0. The van der Waals surface area contributed by atoms with Crippen molar-refractivity contribution in [3.63, 3.8) is 0 Å². The molecule has 0 atom stereocenters. The van der Waals surface area contributed by atoms with E-state index in [1.54, 1.807) is 6.07 Å². The van der Waals surface area contributed by atoms with Gasteiger partial charge in [0.05, 0.1) is 0 Å². The molecule has 0 amide bonds. The molecule has 0 N–H and O–H groups in total. The Labute approximate surface area is 112 Å². The van der Waals surface area contributed by atoms with E-state index in [4.69, 9.17) is 0 Å². The SMILES string of the molecule is Cc1cc(F)c2c(ccc3c(C)c(C)c(C)cc32)c1. The van der Waals surface area contributed by atoms with Crippen LogP contribution < -0.4 is 0 Å². The summed E-state index contributed by atoms with van der Waals surface area (Å²) in [6.07, 6.45) is 0. The molecule has 3 aromatic rings. The van der Waals surface area contributed by atoms with Gasteiger partial charge in [-0.25, -0.2) is 4.39 Å². The Morgan fingerprint density at radius 3 is 2.26 bits per heavy atom. The maximum atomic E-state index is 14.3. The quantitative estimate of drug-likeness (QED) is 0.472. The van der Waals surface area contributed by atoms with Gasteiger partial charge in [0.15, 0.2) is 0 Å². The van der Waals surface area contributed by atoms with Crippen LogP contribution in [-0.2, 0) is 0 Å². The van der Waals surface area contributed by atoms with Crippen molar-refractivity contribution in [3.8, 4) is 0 Å². The maximum Gasteiger partial charge on any atom is 0.131 e. The highest BCUT2D eigenvalue weighted by Crippen LogP contribution is 2.32. The molecule has 3 rings (SSSR count). The lowest BCUT2D eigenvalue weighted by Crippen LogP contribution is -1.91. The first-order valence-electron chi connectivity index (χ1n) is 6.58. The first kappa shape index (κ1) is 12.2. The summed E-state index contributed by atoms with van der Waals surface area (Å²) in [5.41, 5.74) is 4.72. The van der Waals surface area contributed by atoms with Crippen LogP contribution in [0.5, 0.6) is 0 Å². The van der Waals surface area contributed by atoms with Crippen LogP contribution in [0.2, 0.25) is 0 Å². The van der Waals surface area contributed by atoms with Crippen LogP contribution in [0.25, 0.3) is 21.5 Å². The van der Waals surface area contributed by atoms with Gasteiger partial charge in [0, 0.05) is 5.39 Å². The highest BCUT2D eigenvalue weighted by molar-refractivity contribution is 6.09. The van der Waals surface area contributed by atoms with Crippen LogP contribution in [0.1, 0.15) is 22.3 Å². The first-order valence-corrected chi connectivity index (χ1v) is 6.58. The molecular weight excluding hydrogens is 235 g/mol. The summed E-state index contributed by atoms with van der Waals surface area (Å²) in [7, 11) is 0. The largest absolute Gasteiger partial charge is 0.206 e. The van der Waals surface area contributed by atoms with Crippen molar-refractivity contribution in [2.75, 3.05) is 0 Å². The molecule has 1 heteroatoms. The molecule has 0 spiro atoms. The Morgan fingerprint density at radius 1 is 0.789 bits per heavy atom. The van der Waals surface area contributed by atoms with E-state index in [1.807, 2.05) is 19.1 Å². The molecule has 96 valence electrons. The summed E-state index contributed by atoms with van der Waals surface area (Å²) in [6.45, 7) is 8.26. The lowest BCUT2D eigenvalue weighted by molar-refractivity contribution is 0.639. The number of aryl methyl sites for hydroxylation is 3. The third-order valence-electron chi connectivity index (χ3n) is 4.17. The lowest BCUT2D eigenvalue weighted by Gasteiger charge is -2.13. The number of hydrogen-bond acceptors (Lipinski definition) is 0. The zero-order valence-electron chi connectivity index (χ0n) is 11.8. The van der Waals surface area contributed by atoms with Crippen LogP contribution in [0, 0.1) is 33.5 Å². The highest BCUT2D eigenvalue weighted by atomic mass is 19.1. The molecule has 0 fully saturated rings. The van der Waals surface area contributed by atoms with Crippen molar-refractivity contribution in [2.24, 2.45) is 0 Å². The number of rotatable bonds is 0. The van der Waals surface area contributed by atoms with Crippen molar-refractivity contribution >= 4 is 21.5 Å². The zero-order valence-corrected chi connectivity index (χ0v) is 11.8. The Morgan fingerprint density at radius 2 is 1.53 bits per heavy atom. The summed E-state index contributed by atoms with van der Waals surface area (Å²) in [4.78, 5) is 0. The predicted molar refractivity (Wildman–Crippen MR) is 80.4 cm³/mol. The monoisotopic (exact) mass is 252 g/mol. The topological polar surface area (TPSA) is 0 Å². The Kier molecular flexibility index (Phi) is 2.60. The maximum absolute atomic E-state index is 14.3. The summed E-state index contributed by atoms with van der Waals surface area (Å²) < 4.78 is 14.3. The molecule has 19 heavy (non-hydrogen) atoms. The molecule has 3 aromatic carbocycles. The molecule has 0 heterocycles. The van der Waals surface area contributed by atoms with Gasteiger partial charge in [0.25, 0.3) is 0 Å². The zero-order chi connectivity index (χ0) is 13.7. The van der Waals surface area contributed by atoms with Gasteiger partial charge in [-0.05, 0) is 72.2 Å². The fourth-order valence-corrected chi connectivity index (χ4v) is 2.88. The van der Waals surface area contributed by atoms with E-state index in [-0.39, 0.29) is 5.82 Å². The van der Waals surface area contributed by atoms with E-state index in [0.717, 1.165) is 27.1 Å². The van der Waals surface area contributed by atoms with Gasteiger partial charge in [0.1, 0.15) is 5.82 Å². The fraction of sp³-hybridized carbons (Fsp3) is 0.222. The average molecular weight is 252 g/mol. The highest BCUT2D eigenvalue weighted by Gasteiger charge is 2.10. The van der Waals surface area contributed by atoms with Crippen molar-refractivity contribution in [1.29, 1.82) is 0 Å². The molecule has 0 bridgehead atoms. The van der Waals surface area contributed by atoms with Crippen LogP contribution in [0.3, 0.4) is 0 Å². The van der Waals surface area contributed by atoms with Gasteiger partial charge < -0.3 is 0 Å².